The van der Waals surface area contributed by atoms with Crippen molar-refractivity contribution in [2.75, 3.05) is 13.2 Å². The van der Waals surface area contributed by atoms with Gasteiger partial charge in [-0.2, -0.15) is 0 Å². The van der Waals surface area contributed by atoms with Crippen molar-refractivity contribution in [2.45, 2.75) is 72.4 Å². The summed E-state index contributed by atoms with van der Waals surface area (Å²) in [6.07, 6.45) is 1.43. The fourth-order valence-corrected chi connectivity index (χ4v) is 3.61. The molecule has 0 bridgehead atoms. The number of Topliss-reactive ketones (excluding diaryl/α,β-unsaturated/α-hetero) is 1. The molecule has 0 amide bonds. The fourth-order valence-electron chi connectivity index (χ4n) is 3.61. The summed E-state index contributed by atoms with van der Waals surface area (Å²) in [7, 11) is 0. The number of aryl methyl sites for hydroxylation is 4. The second-order valence-corrected chi connectivity index (χ2v) is 8.89. The molecule has 2 aromatic rings. The normalized spacial score (nSPS) is 12.6. The monoisotopic (exact) mass is 411 g/mol. The van der Waals surface area contributed by atoms with Crippen LogP contribution in [0.25, 0.3) is 0 Å². The fraction of sp³-hybridized carbons (Fsp3) is 0.500. The second-order valence-electron chi connectivity index (χ2n) is 8.89. The number of rotatable bonds is 11. The van der Waals surface area contributed by atoms with Gasteiger partial charge < -0.3 is 15.2 Å². The average molecular weight is 412 g/mol. The summed E-state index contributed by atoms with van der Waals surface area (Å²) in [5, 5.41) is 13.6. The number of aliphatic hydroxyl groups excluding tert-OH is 1. The number of benzene rings is 2. The molecule has 0 aliphatic rings. The zero-order valence-corrected chi connectivity index (χ0v) is 19.3. The largest absolute Gasteiger partial charge is 0.491 e. The Morgan fingerprint density at radius 2 is 1.77 bits per heavy atom. The van der Waals surface area contributed by atoms with Gasteiger partial charge in [0.15, 0.2) is 5.78 Å². The molecule has 0 aromatic heterocycles. The first-order valence-electron chi connectivity index (χ1n) is 10.9. The molecule has 2 aromatic carbocycles. The minimum atomic E-state index is -0.594. The highest BCUT2D eigenvalue weighted by molar-refractivity contribution is 5.99. The third kappa shape index (κ3) is 6.96. The lowest BCUT2D eigenvalue weighted by molar-refractivity contribution is 0.0965. The van der Waals surface area contributed by atoms with Crippen molar-refractivity contribution < 1.29 is 14.6 Å². The Kier molecular flexibility index (Phi) is 8.63. The van der Waals surface area contributed by atoms with Crippen molar-refractivity contribution in [1.82, 2.24) is 5.32 Å². The van der Waals surface area contributed by atoms with E-state index in [1.54, 1.807) is 0 Å². The van der Waals surface area contributed by atoms with E-state index < -0.39 is 6.10 Å². The quantitative estimate of drug-likeness (QED) is 0.514. The van der Waals surface area contributed by atoms with Crippen molar-refractivity contribution in [1.29, 1.82) is 0 Å². The third-order valence-electron chi connectivity index (χ3n) is 5.68. The Morgan fingerprint density at radius 3 is 2.40 bits per heavy atom. The highest BCUT2D eigenvalue weighted by Gasteiger charge is 2.17. The van der Waals surface area contributed by atoms with Crippen LogP contribution in [0.4, 0.5) is 0 Å². The van der Waals surface area contributed by atoms with Crippen molar-refractivity contribution in [3.05, 3.63) is 64.2 Å². The molecule has 0 aliphatic heterocycles. The number of hydrogen-bond donors (Lipinski definition) is 2. The van der Waals surface area contributed by atoms with Gasteiger partial charge in [-0.15, -0.1) is 0 Å². The number of carbonyl (C=O) groups is 1. The van der Waals surface area contributed by atoms with Gasteiger partial charge in [-0.25, -0.2) is 0 Å². The molecule has 4 heteroatoms. The van der Waals surface area contributed by atoms with Crippen LogP contribution in [0, 0.1) is 20.8 Å². The van der Waals surface area contributed by atoms with E-state index in [1.807, 2.05) is 38.1 Å². The molecule has 0 saturated carbocycles. The van der Waals surface area contributed by atoms with E-state index >= 15 is 0 Å². The lowest BCUT2D eigenvalue weighted by atomic mass is 9.93. The highest BCUT2D eigenvalue weighted by Crippen LogP contribution is 2.23. The Balaban J connectivity index is 1.96. The molecular formula is C26H37NO3. The molecule has 1 unspecified atom stereocenters. The Morgan fingerprint density at radius 1 is 1.13 bits per heavy atom. The van der Waals surface area contributed by atoms with Crippen LogP contribution in [0.5, 0.6) is 5.75 Å². The van der Waals surface area contributed by atoms with Gasteiger partial charge in [0.2, 0.25) is 0 Å². The van der Waals surface area contributed by atoms with E-state index in [0.29, 0.717) is 19.4 Å². The van der Waals surface area contributed by atoms with Crippen LogP contribution in [0.3, 0.4) is 0 Å². The Labute approximate surface area is 181 Å². The van der Waals surface area contributed by atoms with Crippen molar-refractivity contribution in [2.24, 2.45) is 0 Å². The van der Waals surface area contributed by atoms with E-state index in [0.717, 1.165) is 34.4 Å². The van der Waals surface area contributed by atoms with E-state index in [4.69, 9.17) is 4.74 Å². The summed E-state index contributed by atoms with van der Waals surface area (Å²) in [5.74, 6) is 0.891. The lowest BCUT2D eigenvalue weighted by Gasteiger charge is -2.26. The predicted octanol–water partition coefficient (Wildman–Crippen LogP) is 4.95. The molecule has 4 nitrogen and oxygen atoms in total. The maximum Gasteiger partial charge on any atom is 0.163 e. The summed E-state index contributed by atoms with van der Waals surface area (Å²) in [4.78, 5) is 12.9. The topological polar surface area (TPSA) is 58.6 Å². The summed E-state index contributed by atoms with van der Waals surface area (Å²) in [6, 6.07) is 11.9. The number of hydrogen-bond acceptors (Lipinski definition) is 4. The average Bonchev–Trinajstić information content (AvgIpc) is 2.69. The van der Waals surface area contributed by atoms with E-state index in [-0.39, 0.29) is 17.9 Å². The number of β-amino-alcohol motifs (C(OH)–C–C–N with tert-alkyl or cyclic N) is 1. The minimum absolute atomic E-state index is 0.00844. The standard InChI is InChI=1S/C26H37NO3/c1-7-26(5,6)27-16-22(28)17-30-24-11-9-8-10-21(24)12-13-23(29)25-19(3)14-18(2)15-20(25)4/h8-11,14-15,22,27-28H,7,12-13,16-17H2,1-6H3. The Hall–Kier alpha value is -2.17. The summed E-state index contributed by atoms with van der Waals surface area (Å²) in [5.41, 5.74) is 5.06. The lowest BCUT2D eigenvalue weighted by Crippen LogP contribution is -2.44. The maximum atomic E-state index is 12.9. The predicted molar refractivity (Wildman–Crippen MR) is 124 cm³/mol. The van der Waals surface area contributed by atoms with Gasteiger partial charge in [0.05, 0.1) is 0 Å². The highest BCUT2D eigenvalue weighted by atomic mass is 16.5. The van der Waals surface area contributed by atoms with Gasteiger partial charge in [0.25, 0.3) is 0 Å². The van der Waals surface area contributed by atoms with Gasteiger partial charge in [-0.05, 0) is 70.2 Å². The Bertz CT molecular complexity index is 834. The number of nitrogens with one attached hydrogen (secondary N) is 1. The zero-order chi connectivity index (χ0) is 22.3. The second kappa shape index (κ2) is 10.7. The molecular weight excluding hydrogens is 374 g/mol. The molecule has 164 valence electrons. The molecule has 0 saturated heterocycles. The molecule has 2 N–H and O–H groups in total. The number of para-hydroxylation sites is 1. The van der Waals surface area contributed by atoms with Gasteiger partial charge in [0.1, 0.15) is 18.5 Å². The first-order chi connectivity index (χ1) is 14.1. The number of ketones is 1. The summed E-state index contributed by atoms with van der Waals surface area (Å²) in [6.45, 7) is 13.1. The number of ether oxygens (including phenoxy) is 1. The van der Waals surface area contributed by atoms with Crippen LogP contribution in [-0.4, -0.2) is 35.7 Å². The third-order valence-corrected chi connectivity index (χ3v) is 5.68. The summed E-state index contributed by atoms with van der Waals surface area (Å²) >= 11 is 0. The molecule has 0 aliphatic carbocycles. The van der Waals surface area contributed by atoms with E-state index in [2.05, 4.69) is 45.1 Å². The van der Waals surface area contributed by atoms with E-state index in [9.17, 15) is 9.90 Å². The zero-order valence-electron chi connectivity index (χ0n) is 19.3. The summed E-state index contributed by atoms with van der Waals surface area (Å²) < 4.78 is 5.90. The maximum absolute atomic E-state index is 12.9. The van der Waals surface area contributed by atoms with Gasteiger partial charge in [-0.1, -0.05) is 42.8 Å². The molecule has 0 heterocycles. The van der Waals surface area contributed by atoms with Crippen molar-refractivity contribution >= 4 is 5.78 Å². The van der Waals surface area contributed by atoms with Gasteiger partial charge in [0, 0.05) is 24.1 Å². The van der Waals surface area contributed by atoms with Crippen LogP contribution in [-0.2, 0) is 6.42 Å². The number of carbonyl (C=O) groups excluding carboxylic acids is 1. The van der Waals surface area contributed by atoms with Crippen LogP contribution < -0.4 is 10.1 Å². The molecule has 0 radical (unpaired) electrons. The van der Waals surface area contributed by atoms with Gasteiger partial charge in [-0.3, -0.25) is 4.79 Å². The first kappa shape index (κ1) is 24.1. The molecule has 30 heavy (non-hydrogen) atoms. The van der Waals surface area contributed by atoms with Crippen LogP contribution in [0.1, 0.15) is 66.2 Å². The molecule has 2 rings (SSSR count). The minimum Gasteiger partial charge on any atom is -0.491 e. The van der Waals surface area contributed by atoms with Crippen molar-refractivity contribution in [3.63, 3.8) is 0 Å². The van der Waals surface area contributed by atoms with Crippen molar-refractivity contribution in [3.8, 4) is 5.75 Å². The molecule has 0 fully saturated rings. The first-order valence-corrected chi connectivity index (χ1v) is 10.9. The van der Waals surface area contributed by atoms with Crippen LogP contribution in [0.15, 0.2) is 36.4 Å². The SMILES string of the molecule is CCC(C)(C)NCC(O)COc1ccccc1CCC(=O)c1c(C)cc(C)cc1C. The molecule has 0 spiro atoms. The smallest absolute Gasteiger partial charge is 0.163 e. The number of aliphatic hydroxyl groups is 1. The molecule has 1 atom stereocenters. The van der Waals surface area contributed by atoms with E-state index in [1.165, 1.54) is 5.56 Å². The van der Waals surface area contributed by atoms with Gasteiger partial charge >= 0.3 is 0 Å². The van der Waals surface area contributed by atoms with Crippen LogP contribution in [0.2, 0.25) is 0 Å². The van der Waals surface area contributed by atoms with Crippen LogP contribution >= 0.6 is 0 Å².